The van der Waals surface area contributed by atoms with E-state index in [9.17, 15) is 9.90 Å². The molecular formula is C41H48IrNO4S-. The number of carbonyl (C=O) groups is 1. The molecule has 0 aliphatic rings. The monoisotopic (exact) mass is 843 g/mol. The van der Waals surface area contributed by atoms with Gasteiger partial charge in [0.2, 0.25) is 0 Å². The van der Waals surface area contributed by atoms with Crippen molar-refractivity contribution in [2.45, 2.75) is 100 Å². The predicted molar refractivity (Wildman–Crippen MR) is 197 cm³/mol. The first-order valence-corrected chi connectivity index (χ1v) is 17.7. The first-order chi connectivity index (χ1) is 22.2. The fourth-order valence-electron chi connectivity index (χ4n) is 5.95. The van der Waals surface area contributed by atoms with Crippen LogP contribution in [0.3, 0.4) is 0 Å². The Balaban J connectivity index is 0.000000251. The molecule has 6 rings (SSSR count). The number of hydrogen-bond donors (Lipinski definition) is 1. The van der Waals surface area contributed by atoms with Crippen LogP contribution in [0.1, 0.15) is 99.1 Å². The van der Waals surface area contributed by atoms with Crippen molar-refractivity contribution in [3.63, 3.8) is 0 Å². The second kappa shape index (κ2) is 14.3. The van der Waals surface area contributed by atoms with Crippen LogP contribution in [0.4, 0.5) is 0 Å². The molecule has 0 fully saturated rings. The van der Waals surface area contributed by atoms with Crippen molar-refractivity contribution in [3.8, 4) is 11.3 Å². The van der Waals surface area contributed by atoms with E-state index in [1.165, 1.54) is 16.3 Å². The van der Waals surface area contributed by atoms with Crippen molar-refractivity contribution in [3.05, 3.63) is 77.2 Å². The van der Waals surface area contributed by atoms with E-state index in [0.717, 1.165) is 80.8 Å². The van der Waals surface area contributed by atoms with Crippen LogP contribution in [0.2, 0.25) is 0 Å². The van der Waals surface area contributed by atoms with E-state index in [2.05, 4.69) is 56.5 Å². The molecule has 4 aromatic heterocycles. The van der Waals surface area contributed by atoms with Gasteiger partial charge >= 0.3 is 0 Å². The summed E-state index contributed by atoms with van der Waals surface area (Å²) in [5.74, 6) is 0.286. The van der Waals surface area contributed by atoms with Gasteiger partial charge in [0.05, 0.1) is 6.26 Å². The molecule has 0 unspecified atom stereocenters. The molecule has 1 N–H and O–H groups in total. The number of furan rings is 2. The number of rotatable bonds is 8. The Bertz CT molecular complexity index is 2100. The Morgan fingerprint density at radius 1 is 0.917 bits per heavy atom. The van der Waals surface area contributed by atoms with Gasteiger partial charge in [-0.25, -0.2) is 0 Å². The number of aliphatic hydroxyl groups excluding tert-OH is 1. The molecule has 257 valence electrons. The third kappa shape index (κ3) is 6.92. The van der Waals surface area contributed by atoms with Gasteiger partial charge in [0.1, 0.15) is 22.5 Å². The summed E-state index contributed by atoms with van der Waals surface area (Å²) < 4.78 is 13.3. The molecule has 0 saturated heterocycles. The van der Waals surface area contributed by atoms with Gasteiger partial charge in [0, 0.05) is 65.1 Å². The summed E-state index contributed by atoms with van der Waals surface area (Å²) >= 11 is 1.77. The fourth-order valence-corrected chi connectivity index (χ4v) is 7.03. The van der Waals surface area contributed by atoms with Crippen molar-refractivity contribution >= 4 is 60.1 Å². The number of hydrogen-bond acceptors (Lipinski definition) is 6. The molecule has 0 amide bonds. The molecule has 2 aromatic carbocycles. The number of benzene rings is 2. The first-order valence-electron chi connectivity index (χ1n) is 16.8. The molecule has 5 nitrogen and oxygen atoms in total. The van der Waals surface area contributed by atoms with Crippen LogP contribution in [0, 0.1) is 23.8 Å². The van der Waals surface area contributed by atoms with E-state index in [1.54, 1.807) is 17.6 Å². The Labute approximate surface area is 302 Å². The SMILES string of the molecule is CCC(C)(CC)C(=O)/C=C(\O)C(C)(CC)CC.Cc1coc2cc3c(cc12)oc1ccnc(-c2[c-]c4ccsc4c(C(C)(C)C)c2)c13.[Ir]. The number of aliphatic hydroxyl groups is 1. The summed E-state index contributed by atoms with van der Waals surface area (Å²) in [6.45, 7) is 20.9. The number of aromatic nitrogens is 1. The number of aryl methyl sites for hydroxylation is 1. The van der Waals surface area contributed by atoms with Gasteiger partial charge in [-0.15, -0.1) is 23.6 Å². The molecule has 0 spiro atoms. The Kier molecular flexibility index (Phi) is 11.2. The summed E-state index contributed by atoms with van der Waals surface area (Å²) in [5, 5.41) is 16.5. The zero-order valence-corrected chi connectivity index (χ0v) is 33.1. The van der Waals surface area contributed by atoms with Crippen molar-refractivity contribution in [1.29, 1.82) is 0 Å². The van der Waals surface area contributed by atoms with Crippen LogP contribution in [0.15, 0.2) is 68.8 Å². The van der Waals surface area contributed by atoms with Gasteiger partial charge in [0.15, 0.2) is 5.78 Å². The van der Waals surface area contributed by atoms with Crippen LogP contribution < -0.4 is 0 Å². The molecule has 0 aliphatic heterocycles. The number of fused-ring (bicyclic) bond motifs is 5. The number of allylic oxidation sites excluding steroid dienone is 2. The summed E-state index contributed by atoms with van der Waals surface area (Å²) in [7, 11) is 0. The number of pyridine rings is 1. The molecule has 1 radical (unpaired) electrons. The van der Waals surface area contributed by atoms with E-state index < -0.39 is 0 Å². The molecule has 48 heavy (non-hydrogen) atoms. The molecule has 4 heterocycles. The maximum absolute atomic E-state index is 12.2. The van der Waals surface area contributed by atoms with Gasteiger partial charge < -0.3 is 13.9 Å². The van der Waals surface area contributed by atoms with Crippen LogP contribution in [-0.2, 0) is 30.3 Å². The zero-order chi connectivity index (χ0) is 34.3. The summed E-state index contributed by atoms with van der Waals surface area (Å²) in [5.41, 5.74) is 6.28. The summed E-state index contributed by atoms with van der Waals surface area (Å²) in [6.07, 6.45) is 8.36. The van der Waals surface area contributed by atoms with E-state index in [-0.39, 0.29) is 47.9 Å². The van der Waals surface area contributed by atoms with Crippen molar-refractivity contribution < 1.29 is 38.8 Å². The van der Waals surface area contributed by atoms with Gasteiger partial charge in [-0.3, -0.25) is 9.78 Å². The van der Waals surface area contributed by atoms with E-state index in [4.69, 9.17) is 13.8 Å². The maximum Gasteiger partial charge on any atom is 0.164 e. The molecule has 0 atom stereocenters. The average molecular weight is 843 g/mol. The smallest absolute Gasteiger partial charge is 0.164 e. The molecule has 7 heteroatoms. The van der Waals surface area contributed by atoms with Gasteiger partial charge in [0.25, 0.3) is 0 Å². The Morgan fingerprint density at radius 2 is 1.56 bits per heavy atom. The van der Waals surface area contributed by atoms with E-state index >= 15 is 0 Å². The normalized spacial score (nSPS) is 12.8. The standard InChI is InChI=1S/C26H20NO2S.C15H28O2.Ir/c1-14-13-28-21-12-18-22(11-17(14)21)29-20-5-7-27-24(23(18)20)16-9-15-6-8-30-25(15)19(10-16)26(2,3)4;1-7-14(5,8-2)12(16)11-13(17)15(6,9-3)10-4;/h5-8,10-13H,1-4H3;11,16H,7-10H2,1-6H3;/q-1;;/b;12-11-;. The molecule has 0 saturated carbocycles. The van der Waals surface area contributed by atoms with Gasteiger partial charge in [-0.2, -0.15) is 11.3 Å². The molecule has 6 aromatic rings. The predicted octanol–water partition coefficient (Wildman–Crippen LogP) is 12.7. The second-order valence-corrected chi connectivity index (χ2v) is 15.3. The Morgan fingerprint density at radius 3 is 2.19 bits per heavy atom. The zero-order valence-electron chi connectivity index (χ0n) is 29.9. The second-order valence-electron chi connectivity index (χ2n) is 14.3. The van der Waals surface area contributed by atoms with Crippen molar-refractivity contribution in [2.75, 3.05) is 0 Å². The quantitative estimate of drug-likeness (QED) is 0.0938. The molecular weight excluding hydrogens is 795 g/mol. The van der Waals surface area contributed by atoms with E-state index in [1.807, 2.05) is 60.7 Å². The fraction of sp³-hybridized carbons (Fsp3) is 0.415. The number of thiophene rings is 1. The average Bonchev–Trinajstić information content (AvgIpc) is 3.78. The Hall–Kier alpha value is -3.25. The van der Waals surface area contributed by atoms with Crippen LogP contribution >= 0.6 is 11.3 Å². The van der Waals surface area contributed by atoms with Crippen LogP contribution in [-0.4, -0.2) is 15.9 Å². The topological polar surface area (TPSA) is 76.5 Å². The van der Waals surface area contributed by atoms with Crippen molar-refractivity contribution in [2.24, 2.45) is 10.8 Å². The number of carbonyl (C=O) groups excluding carboxylic acids is 1. The minimum atomic E-state index is -0.337. The largest absolute Gasteiger partial charge is 0.512 e. The maximum atomic E-state index is 12.2. The number of ketones is 1. The summed E-state index contributed by atoms with van der Waals surface area (Å²) in [6, 6.07) is 14.1. The van der Waals surface area contributed by atoms with E-state index in [0.29, 0.717) is 0 Å². The molecule has 0 bridgehead atoms. The number of nitrogens with zero attached hydrogens (tertiary/aromatic N) is 1. The van der Waals surface area contributed by atoms with Crippen LogP contribution in [0.25, 0.3) is 54.3 Å². The third-order valence-corrected chi connectivity index (χ3v) is 11.4. The van der Waals surface area contributed by atoms with Crippen molar-refractivity contribution in [1.82, 2.24) is 4.98 Å². The van der Waals surface area contributed by atoms with Crippen LogP contribution in [0.5, 0.6) is 0 Å². The minimum absolute atomic E-state index is 0. The van der Waals surface area contributed by atoms with Gasteiger partial charge in [-0.1, -0.05) is 73.4 Å². The minimum Gasteiger partial charge on any atom is -0.512 e. The third-order valence-electron chi connectivity index (χ3n) is 10.4. The molecule has 0 aliphatic carbocycles. The first kappa shape index (κ1) is 37.6. The van der Waals surface area contributed by atoms with Gasteiger partial charge in [-0.05, 0) is 71.9 Å². The summed E-state index contributed by atoms with van der Waals surface area (Å²) in [4.78, 5) is 17.0.